The summed E-state index contributed by atoms with van der Waals surface area (Å²) in [5, 5.41) is 7.82. The van der Waals surface area contributed by atoms with Crippen LogP contribution in [0.4, 0.5) is 0 Å². The van der Waals surface area contributed by atoms with Crippen LogP contribution < -0.4 is 5.32 Å². The highest BCUT2D eigenvalue weighted by Gasteiger charge is 2.18. The average Bonchev–Trinajstić information content (AvgIpc) is 2.81. The summed E-state index contributed by atoms with van der Waals surface area (Å²) in [6.45, 7) is 9.78. The standard InChI is InChI=1S/C17H25N3/c1-6-18-16(15-11-12-19-20(15)5)13-7-9-14(10-8-13)17(2,3)4/h7-12,16,18H,6H2,1-5H3. The summed E-state index contributed by atoms with van der Waals surface area (Å²) in [6.07, 6.45) is 1.85. The van der Waals surface area contributed by atoms with Crippen molar-refractivity contribution in [3.8, 4) is 0 Å². The normalized spacial score (nSPS) is 13.4. The zero-order valence-corrected chi connectivity index (χ0v) is 13.1. The van der Waals surface area contributed by atoms with E-state index in [2.05, 4.69) is 68.4 Å². The molecule has 2 rings (SSSR count). The molecule has 0 bridgehead atoms. The monoisotopic (exact) mass is 271 g/mol. The van der Waals surface area contributed by atoms with Gasteiger partial charge in [-0.05, 0) is 29.2 Å². The first-order chi connectivity index (χ1) is 9.43. The molecule has 2 aromatic rings. The first kappa shape index (κ1) is 14.8. The molecular weight excluding hydrogens is 246 g/mol. The van der Waals surface area contributed by atoms with E-state index in [0.29, 0.717) is 0 Å². The van der Waals surface area contributed by atoms with E-state index in [-0.39, 0.29) is 11.5 Å². The second kappa shape index (κ2) is 5.80. The molecule has 0 saturated heterocycles. The third-order valence-corrected chi connectivity index (χ3v) is 3.67. The number of aromatic nitrogens is 2. The number of hydrogen-bond acceptors (Lipinski definition) is 2. The maximum Gasteiger partial charge on any atom is 0.0748 e. The van der Waals surface area contributed by atoms with Crippen LogP contribution in [-0.2, 0) is 12.5 Å². The molecule has 0 aliphatic carbocycles. The lowest BCUT2D eigenvalue weighted by molar-refractivity contribution is 0.568. The van der Waals surface area contributed by atoms with Gasteiger partial charge in [-0.3, -0.25) is 4.68 Å². The first-order valence-electron chi connectivity index (χ1n) is 7.25. The van der Waals surface area contributed by atoms with E-state index < -0.39 is 0 Å². The number of hydrogen-bond donors (Lipinski definition) is 1. The molecule has 108 valence electrons. The Kier molecular flexibility index (Phi) is 4.29. The summed E-state index contributed by atoms with van der Waals surface area (Å²) < 4.78 is 1.94. The molecule has 0 aliphatic rings. The van der Waals surface area contributed by atoms with Gasteiger partial charge >= 0.3 is 0 Å². The van der Waals surface area contributed by atoms with E-state index in [4.69, 9.17) is 0 Å². The van der Waals surface area contributed by atoms with Gasteiger partial charge in [-0.15, -0.1) is 0 Å². The molecule has 1 atom stereocenters. The topological polar surface area (TPSA) is 29.9 Å². The fraction of sp³-hybridized carbons (Fsp3) is 0.471. The molecule has 0 amide bonds. The molecule has 0 spiro atoms. The highest BCUT2D eigenvalue weighted by molar-refractivity contribution is 5.33. The Labute approximate surface area is 122 Å². The molecule has 0 aliphatic heterocycles. The van der Waals surface area contributed by atoms with Gasteiger partial charge in [0, 0.05) is 13.2 Å². The summed E-state index contributed by atoms with van der Waals surface area (Å²) >= 11 is 0. The van der Waals surface area contributed by atoms with Crippen molar-refractivity contribution in [1.29, 1.82) is 0 Å². The van der Waals surface area contributed by atoms with Gasteiger partial charge in [0.2, 0.25) is 0 Å². The van der Waals surface area contributed by atoms with Gasteiger partial charge in [0.1, 0.15) is 0 Å². The van der Waals surface area contributed by atoms with Crippen molar-refractivity contribution in [3.63, 3.8) is 0 Å². The number of aryl methyl sites for hydroxylation is 1. The lowest BCUT2D eigenvalue weighted by Gasteiger charge is -2.22. The molecular formula is C17H25N3. The van der Waals surface area contributed by atoms with Crippen molar-refractivity contribution in [1.82, 2.24) is 15.1 Å². The molecule has 0 saturated carbocycles. The second-order valence-electron chi connectivity index (χ2n) is 6.24. The largest absolute Gasteiger partial charge is 0.305 e. The SMILES string of the molecule is CCNC(c1ccc(C(C)(C)C)cc1)c1ccnn1C. The third kappa shape index (κ3) is 3.10. The van der Waals surface area contributed by atoms with Crippen LogP contribution in [0.25, 0.3) is 0 Å². The van der Waals surface area contributed by atoms with Crippen molar-refractivity contribution >= 4 is 0 Å². The molecule has 0 fully saturated rings. The maximum absolute atomic E-state index is 4.28. The Bertz CT molecular complexity index is 546. The summed E-state index contributed by atoms with van der Waals surface area (Å²) in [4.78, 5) is 0. The highest BCUT2D eigenvalue weighted by Crippen LogP contribution is 2.26. The number of nitrogens with zero attached hydrogens (tertiary/aromatic N) is 2. The van der Waals surface area contributed by atoms with Crippen LogP contribution in [0.2, 0.25) is 0 Å². The molecule has 3 heteroatoms. The first-order valence-corrected chi connectivity index (χ1v) is 7.25. The number of nitrogens with one attached hydrogen (secondary N) is 1. The quantitative estimate of drug-likeness (QED) is 0.923. The summed E-state index contributed by atoms with van der Waals surface area (Å²) in [7, 11) is 1.99. The van der Waals surface area contributed by atoms with Crippen LogP contribution in [0, 0.1) is 0 Å². The summed E-state index contributed by atoms with van der Waals surface area (Å²) in [5.74, 6) is 0. The van der Waals surface area contributed by atoms with Gasteiger partial charge in [-0.25, -0.2) is 0 Å². The van der Waals surface area contributed by atoms with Crippen molar-refractivity contribution in [2.24, 2.45) is 7.05 Å². The van der Waals surface area contributed by atoms with Crippen LogP contribution in [0.5, 0.6) is 0 Å². The predicted molar refractivity (Wildman–Crippen MR) is 83.9 cm³/mol. The number of rotatable bonds is 4. The lowest BCUT2D eigenvalue weighted by atomic mass is 9.86. The van der Waals surface area contributed by atoms with E-state index >= 15 is 0 Å². The Morgan fingerprint density at radius 1 is 1.15 bits per heavy atom. The van der Waals surface area contributed by atoms with E-state index in [9.17, 15) is 0 Å². The molecule has 1 aromatic carbocycles. The Balaban J connectivity index is 2.33. The summed E-state index contributed by atoms with van der Waals surface area (Å²) in [5.41, 5.74) is 4.03. The molecule has 1 N–H and O–H groups in total. The van der Waals surface area contributed by atoms with E-state index in [0.717, 1.165) is 6.54 Å². The minimum Gasteiger partial charge on any atom is -0.305 e. The van der Waals surface area contributed by atoms with Gasteiger partial charge in [0.25, 0.3) is 0 Å². The van der Waals surface area contributed by atoms with Crippen molar-refractivity contribution < 1.29 is 0 Å². The molecule has 1 heterocycles. The fourth-order valence-corrected chi connectivity index (χ4v) is 2.44. The zero-order valence-electron chi connectivity index (χ0n) is 13.1. The van der Waals surface area contributed by atoms with Gasteiger partial charge in [0.05, 0.1) is 11.7 Å². The van der Waals surface area contributed by atoms with Crippen LogP contribution in [0.15, 0.2) is 36.5 Å². The highest BCUT2D eigenvalue weighted by atomic mass is 15.3. The fourth-order valence-electron chi connectivity index (χ4n) is 2.44. The maximum atomic E-state index is 4.28. The smallest absolute Gasteiger partial charge is 0.0748 e. The number of benzene rings is 1. The molecule has 0 radical (unpaired) electrons. The van der Waals surface area contributed by atoms with Crippen molar-refractivity contribution in [3.05, 3.63) is 53.3 Å². The average molecular weight is 271 g/mol. The third-order valence-electron chi connectivity index (χ3n) is 3.67. The molecule has 20 heavy (non-hydrogen) atoms. The van der Waals surface area contributed by atoms with Crippen LogP contribution in [-0.4, -0.2) is 16.3 Å². The zero-order chi connectivity index (χ0) is 14.8. The predicted octanol–water partition coefficient (Wildman–Crippen LogP) is 3.42. The Hall–Kier alpha value is -1.61. The second-order valence-corrected chi connectivity index (χ2v) is 6.24. The Morgan fingerprint density at radius 2 is 1.80 bits per heavy atom. The lowest BCUT2D eigenvalue weighted by Crippen LogP contribution is -2.24. The minimum absolute atomic E-state index is 0.193. The van der Waals surface area contributed by atoms with Crippen molar-refractivity contribution in [2.75, 3.05) is 6.54 Å². The van der Waals surface area contributed by atoms with Crippen LogP contribution >= 0.6 is 0 Å². The van der Waals surface area contributed by atoms with Gasteiger partial charge < -0.3 is 5.32 Å². The van der Waals surface area contributed by atoms with E-state index in [1.807, 2.05) is 17.9 Å². The van der Waals surface area contributed by atoms with Gasteiger partial charge in [-0.2, -0.15) is 5.10 Å². The van der Waals surface area contributed by atoms with Crippen LogP contribution in [0.3, 0.4) is 0 Å². The molecule has 1 aromatic heterocycles. The van der Waals surface area contributed by atoms with Gasteiger partial charge in [0.15, 0.2) is 0 Å². The summed E-state index contributed by atoms with van der Waals surface area (Å²) in [6, 6.07) is 11.2. The molecule has 1 unspecified atom stereocenters. The van der Waals surface area contributed by atoms with Crippen LogP contribution in [0.1, 0.15) is 50.6 Å². The van der Waals surface area contributed by atoms with E-state index in [1.54, 1.807) is 0 Å². The van der Waals surface area contributed by atoms with Crippen molar-refractivity contribution in [2.45, 2.75) is 39.2 Å². The molecule has 3 nitrogen and oxygen atoms in total. The minimum atomic E-state index is 0.193. The van der Waals surface area contributed by atoms with Gasteiger partial charge in [-0.1, -0.05) is 52.0 Å². The Morgan fingerprint density at radius 3 is 2.25 bits per heavy atom. The van der Waals surface area contributed by atoms with E-state index in [1.165, 1.54) is 16.8 Å².